The topological polar surface area (TPSA) is 21.3 Å². The Morgan fingerprint density at radius 2 is 2.30 bits per heavy atom. The Kier molecular flexibility index (Phi) is 1.46. The maximum Gasteiger partial charge on any atom is 0.0548 e. The molecule has 58 valence electrons. The van der Waals surface area contributed by atoms with Gasteiger partial charge in [0, 0.05) is 5.41 Å². The van der Waals surface area contributed by atoms with Crippen LogP contribution in [0.15, 0.2) is 0 Å². The molecule has 1 spiro atoms. The van der Waals surface area contributed by atoms with Gasteiger partial charge in [0.25, 0.3) is 0 Å². The molecule has 1 unspecified atom stereocenters. The number of hydrogen-bond acceptors (Lipinski definition) is 2. The van der Waals surface area contributed by atoms with Crippen molar-refractivity contribution in [1.82, 2.24) is 5.32 Å². The van der Waals surface area contributed by atoms with Crippen LogP contribution in [0.3, 0.4) is 0 Å². The summed E-state index contributed by atoms with van der Waals surface area (Å²) in [7, 11) is 0. The number of hydrogen-bond donors (Lipinski definition) is 1. The van der Waals surface area contributed by atoms with Crippen LogP contribution in [-0.4, -0.2) is 26.3 Å². The maximum absolute atomic E-state index is 5.26. The maximum atomic E-state index is 5.26. The van der Waals surface area contributed by atoms with Gasteiger partial charge in [-0.2, -0.15) is 0 Å². The van der Waals surface area contributed by atoms with E-state index in [1.165, 1.54) is 19.5 Å². The Morgan fingerprint density at radius 1 is 1.50 bits per heavy atom. The van der Waals surface area contributed by atoms with E-state index in [-0.39, 0.29) is 0 Å². The Balaban J connectivity index is 2.03. The zero-order chi connectivity index (χ0) is 7.03. The van der Waals surface area contributed by atoms with Gasteiger partial charge in [-0.25, -0.2) is 0 Å². The van der Waals surface area contributed by atoms with Crippen LogP contribution >= 0.6 is 0 Å². The SMILES string of the molecule is CC1CNCCC12COC2. The third-order valence-corrected chi connectivity index (χ3v) is 3.07. The molecule has 2 fully saturated rings. The Bertz CT molecular complexity index is 131. The van der Waals surface area contributed by atoms with Crippen LogP contribution in [0.25, 0.3) is 0 Å². The first kappa shape index (κ1) is 6.62. The lowest BCUT2D eigenvalue weighted by Gasteiger charge is -2.49. The van der Waals surface area contributed by atoms with Crippen LogP contribution in [0.2, 0.25) is 0 Å². The molecule has 1 N–H and O–H groups in total. The third kappa shape index (κ3) is 0.789. The van der Waals surface area contributed by atoms with Gasteiger partial charge in [-0.05, 0) is 25.4 Å². The molecule has 1 atom stereocenters. The lowest BCUT2D eigenvalue weighted by Crippen LogP contribution is -2.55. The second-order valence-electron chi connectivity index (χ2n) is 3.71. The van der Waals surface area contributed by atoms with Crippen LogP contribution in [0.4, 0.5) is 0 Å². The van der Waals surface area contributed by atoms with Gasteiger partial charge < -0.3 is 10.1 Å². The summed E-state index contributed by atoms with van der Waals surface area (Å²) in [5.74, 6) is 0.815. The predicted molar refractivity (Wildman–Crippen MR) is 39.9 cm³/mol. The van der Waals surface area contributed by atoms with Crippen LogP contribution < -0.4 is 5.32 Å². The first-order chi connectivity index (χ1) is 4.83. The van der Waals surface area contributed by atoms with Crippen molar-refractivity contribution in [3.63, 3.8) is 0 Å². The number of nitrogens with one attached hydrogen (secondary N) is 1. The molecule has 2 aliphatic heterocycles. The van der Waals surface area contributed by atoms with E-state index < -0.39 is 0 Å². The van der Waals surface area contributed by atoms with E-state index in [1.54, 1.807) is 0 Å². The van der Waals surface area contributed by atoms with Crippen LogP contribution in [-0.2, 0) is 4.74 Å². The number of rotatable bonds is 0. The molecule has 0 aromatic rings. The average molecular weight is 141 g/mol. The highest BCUT2D eigenvalue weighted by Gasteiger charge is 2.44. The van der Waals surface area contributed by atoms with Crippen molar-refractivity contribution in [1.29, 1.82) is 0 Å². The second-order valence-corrected chi connectivity index (χ2v) is 3.71. The van der Waals surface area contributed by atoms with Crippen LogP contribution in [0.5, 0.6) is 0 Å². The highest BCUT2D eigenvalue weighted by atomic mass is 16.5. The molecule has 0 bridgehead atoms. The molecule has 2 rings (SSSR count). The highest BCUT2D eigenvalue weighted by molar-refractivity contribution is 4.94. The molecule has 0 amide bonds. The van der Waals surface area contributed by atoms with Crippen molar-refractivity contribution in [2.24, 2.45) is 11.3 Å². The lowest BCUT2D eigenvalue weighted by atomic mass is 9.70. The van der Waals surface area contributed by atoms with Crippen molar-refractivity contribution < 1.29 is 4.74 Å². The Morgan fingerprint density at radius 3 is 2.70 bits per heavy atom. The molecule has 0 aromatic carbocycles. The molecule has 0 saturated carbocycles. The summed E-state index contributed by atoms with van der Waals surface area (Å²) < 4.78 is 5.26. The van der Waals surface area contributed by atoms with Crippen LogP contribution in [0, 0.1) is 11.3 Å². The van der Waals surface area contributed by atoms with Gasteiger partial charge in [-0.3, -0.25) is 0 Å². The molecule has 0 radical (unpaired) electrons. The van der Waals surface area contributed by atoms with Crippen molar-refractivity contribution in [3.05, 3.63) is 0 Å². The van der Waals surface area contributed by atoms with Gasteiger partial charge in [-0.15, -0.1) is 0 Å². The standard InChI is InChI=1S/C8H15NO/c1-7-4-9-3-2-8(7)5-10-6-8/h7,9H,2-6H2,1H3. The first-order valence-corrected chi connectivity index (χ1v) is 4.12. The normalized spacial score (nSPS) is 37.5. The summed E-state index contributed by atoms with van der Waals surface area (Å²) in [6.45, 7) is 6.72. The van der Waals surface area contributed by atoms with E-state index in [1.807, 2.05) is 0 Å². The molecule has 2 aliphatic rings. The predicted octanol–water partition coefficient (Wildman–Crippen LogP) is 0.632. The van der Waals surface area contributed by atoms with E-state index in [4.69, 9.17) is 4.74 Å². The van der Waals surface area contributed by atoms with Gasteiger partial charge in [0.2, 0.25) is 0 Å². The van der Waals surface area contributed by atoms with Crippen molar-refractivity contribution >= 4 is 0 Å². The Labute approximate surface area is 61.9 Å². The average Bonchev–Trinajstić information content (AvgIpc) is 1.85. The van der Waals surface area contributed by atoms with Crippen molar-refractivity contribution in [2.75, 3.05) is 26.3 Å². The van der Waals surface area contributed by atoms with E-state index in [9.17, 15) is 0 Å². The summed E-state index contributed by atoms with van der Waals surface area (Å²) >= 11 is 0. The van der Waals surface area contributed by atoms with Gasteiger partial charge in [0.15, 0.2) is 0 Å². The quantitative estimate of drug-likeness (QED) is 0.534. The summed E-state index contributed by atoms with van der Waals surface area (Å²) in [4.78, 5) is 0. The summed E-state index contributed by atoms with van der Waals surface area (Å²) in [6, 6.07) is 0. The molecular formula is C8H15NO. The molecule has 10 heavy (non-hydrogen) atoms. The molecule has 2 nitrogen and oxygen atoms in total. The number of ether oxygens (including phenoxy) is 1. The van der Waals surface area contributed by atoms with E-state index >= 15 is 0 Å². The van der Waals surface area contributed by atoms with Gasteiger partial charge in [0.05, 0.1) is 13.2 Å². The molecular weight excluding hydrogens is 126 g/mol. The molecule has 2 heteroatoms. The highest BCUT2D eigenvalue weighted by Crippen LogP contribution is 2.40. The van der Waals surface area contributed by atoms with E-state index in [0.717, 1.165) is 19.1 Å². The minimum absolute atomic E-state index is 0.575. The number of piperidine rings is 1. The summed E-state index contributed by atoms with van der Waals surface area (Å²) in [5.41, 5.74) is 0.575. The van der Waals surface area contributed by atoms with Crippen LogP contribution in [0.1, 0.15) is 13.3 Å². The zero-order valence-corrected chi connectivity index (χ0v) is 6.52. The minimum atomic E-state index is 0.575. The largest absolute Gasteiger partial charge is 0.380 e. The molecule has 0 aromatic heterocycles. The van der Waals surface area contributed by atoms with Crippen molar-refractivity contribution in [3.8, 4) is 0 Å². The molecule has 0 aliphatic carbocycles. The van der Waals surface area contributed by atoms with Crippen molar-refractivity contribution in [2.45, 2.75) is 13.3 Å². The Hall–Kier alpha value is -0.0800. The fraction of sp³-hybridized carbons (Fsp3) is 1.00. The fourth-order valence-electron chi connectivity index (χ4n) is 1.91. The molecule has 2 heterocycles. The van der Waals surface area contributed by atoms with E-state index in [0.29, 0.717) is 5.41 Å². The lowest BCUT2D eigenvalue weighted by molar-refractivity contribution is -0.153. The second kappa shape index (κ2) is 2.21. The van der Waals surface area contributed by atoms with Gasteiger partial charge in [0.1, 0.15) is 0 Å². The van der Waals surface area contributed by atoms with Gasteiger partial charge in [-0.1, -0.05) is 6.92 Å². The van der Waals surface area contributed by atoms with E-state index in [2.05, 4.69) is 12.2 Å². The first-order valence-electron chi connectivity index (χ1n) is 4.12. The molecule has 2 saturated heterocycles. The smallest absolute Gasteiger partial charge is 0.0548 e. The summed E-state index contributed by atoms with van der Waals surface area (Å²) in [6.07, 6.45) is 1.31. The monoisotopic (exact) mass is 141 g/mol. The third-order valence-electron chi connectivity index (χ3n) is 3.07. The minimum Gasteiger partial charge on any atom is -0.380 e. The van der Waals surface area contributed by atoms with Gasteiger partial charge >= 0.3 is 0 Å². The fourth-order valence-corrected chi connectivity index (χ4v) is 1.91. The zero-order valence-electron chi connectivity index (χ0n) is 6.52. The summed E-state index contributed by atoms with van der Waals surface area (Å²) in [5, 5.41) is 3.40.